The molecular weight excluding hydrogens is 150 g/mol. The van der Waals surface area contributed by atoms with Gasteiger partial charge in [-0.2, -0.15) is 0 Å². The van der Waals surface area contributed by atoms with Crippen LogP contribution in [0.2, 0.25) is 0 Å². The predicted molar refractivity (Wildman–Crippen MR) is 50.6 cm³/mol. The molecule has 1 rings (SSSR count). The van der Waals surface area contributed by atoms with Crippen molar-refractivity contribution in [2.24, 2.45) is 4.99 Å². The lowest BCUT2D eigenvalue weighted by Crippen LogP contribution is -1.87. The highest BCUT2D eigenvalue weighted by atomic mass is 14.9. The van der Waals surface area contributed by atoms with Crippen LogP contribution in [0.15, 0.2) is 23.6 Å². The Kier molecular flexibility index (Phi) is 2.69. The summed E-state index contributed by atoms with van der Waals surface area (Å²) in [6.07, 6.45) is 5.15. The average molecular weight is 161 g/mol. The lowest BCUT2D eigenvalue weighted by atomic mass is 10.2. The van der Waals surface area contributed by atoms with Crippen molar-refractivity contribution in [3.05, 3.63) is 24.3 Å². The number of aromatic nitrogens is 2. The summed E-state index contributed by atoms with van der Waals surface area (Å²) in [5, 5.41) is 0. The predicted octanol–water partition coefficient (Wildman–Crippen LogP) is 2.23. The van der Waals surface area contributed by atoms with E-state index in [-0.39, 0.29) is 0 Å². The number of rotatable bonds is 2. The van der Waals surface area contributed by atoms with Gasteiger partial charge >= 0.3 is 0 Å². The van der Waals surface area contributed by atoms with Gasteiger partial charge in [-0.05, 0) is 26.1 Å². The summed E-state index contributed by atoms with van der Waals surface area (Å²) in [6, 6.07) is 0. The second-order valence-corrected chi connectivity index (χ2v) is 2.39. The highest BCUT2D eigenvalue weighted by Gasteiger charge is 2.01. The maximum atomic E-state index is 4.11. The Bertz CT molecular complexity index is 315. The van der Waals surface area contributed by atoms with Crippen LogP contribution >= 0.6 is 0 Å². The molecule has 1 aromatic heterocycles. The summed E-state index contributed by atoms with van der Waals surface area (Å²) in [6.45, 7) is 7.40. The molecule has 0 aliphatic carbocycles. The van der Waals surface area contributed by atoms with Gasteiger partial charge in [-0.3, -0.25) is 4.99 Å². The SMILES string of the molecule is C=Nc1cncnc1/C(C)=C\C. The quantitative estimate of drug-likeness (QED) is 0.624. The van der Waals surface area contributed by atoms with Crippen LogP contribution in [0.1, 0.15) is 19.5 Å². The molecule has 0 saturated carbocycles. The summed E-state index contributed by atoms with van der Waals surface area (Å²) in [4.78, 5) is 11.8. The molecule has 0 aliphatic rings. The maximum Gasteiger partial charge on any atom is 0.116 e. The van der Waals surface area contributed by atoms with E-state index in [4.69, 9.17) is 0 Å². The van der Waals surface area contributed by atoms with E-state index in [0.717, 1.165) is 17.0 Å². The van der Waals surface area contributed by atoms with Crippen molar-refractivity contribution < 1.29 is 0 Å². The molecule has 12 heavy (non-hydrogen) atoms. The van der Waals surface area contributed by atoms with Crippen molar-refractivity contribution in [1.29, 1.82) is 0 Å². The van der Waals surface area contributed by atoms with Crippen LogP contribution in [0.3, 0.4) is 0 Å². The molecule has 3 nitrogen and oxygen atoms in total. The molecule has 0 amide bonds. The van der Waals surface area contributed by atoms with Gasteiger partial charge in [-0.25, -0.2) is 9.97 Å². The third-order valence-electron chi connectivity index (χ3n) is 1.67. The van der Waals surface area contributed by atoms with Crippen molar-refractivity contribution in [3.63, 3.8) is 0 Å². The molecular formula is C9H11N3. The smallest absolute Gasteiger partial charge is 0.116 e. The van der Waals surface area contributed by atoms with Gasteiger partial charge in [0.25, 0.3) is 0 Å². The number of aliphatic imine (C=N–C) groups is 1. The summed E-state index contributed by atoms with van der Waals surface area (Å²) in [5.74, 6) is 0. The van der Waals surface area contributed by atoms with Gasteiger partial charge in [0.1, 0.15) is 12.0 Å². The van der Waals surface area contributed by atoms with E-state index in [1.165, 1.54) is 6.33 Å². The van der Waals surface area contributed by atoms with Crippen LogP contribution in [0.25, 0.3) is 5.57 Å². The van der Waals surface area contributed by atoms with Crippen LogP contribution in [0.5, 0.6) is 0 Å². The first-order valence-electron chi connectivity index (χ1n) is 3.69. The fraction of sp³-hybridized carbons (Fsp3) is 0.222. The van der Waals surface area contributed by atoms with E-state index in [2.05, 4.69) is 21.7 Å². The molecule has 0 N–H and O–H groups in total. The van der Waals surface area contributed by atoms with Crippen molar-refractivity contribution in [1.82, 2.24) is 9.97 Å². The molecule has 0 unspecified atom stereocenters. The zero-order valence-electron chi connectivity index (χ0n) is 7.28. The summed E-state index contributed by atoms with van der Waals surface area (Å²) in [7, 11) is 0. The Balaban J connectivity index is 3.22. The molecule has 1 heterocycles. The van der Waals surface area contributed by atoms with Gasteiger partial charge in [-0.1, -0.05) is 6.08 Å². The van der Waals surface area contributed by atoms with Crippen molar-refractivity contribution >= 4 is 18.0 Å². The second kappa shape index (κ2) is 3.76. The number of hydrogen-bond acceptors (Lipinski definition) is 3. The highest BCUT2D eigenvalue weighted by molar-refractivity contribution is 5.70. The largest absolute Gasteiger partial charge is 0.261 e. The zero-order valence-corrected chi connectivity index (χ0v) is 7.28. The van der Waals surface area contributed by atoms with Crippen LogP contribution in [0.4, 0.5) is 5.69 Å². The van der Waals surface area contributed by atoms with Crippen LogP contribution in [0, 0.1) is 0 Å². The monoisotopic (exact) mass is 161 g/mol. The van der Waals surface area contributed by atoms with Gasteiger partial charge < -0.3 is 0 Å². The van der Waals surface area contributed by atoms with Crippen molar-refractivity contribution in [2.75, 3.05) is 0 Å². The fourth-order valence-corrected chi connectivity index (χ4v) is 0.879. The maximum absolute atomic E-state index is 4.11. The Labute approximate surface area is 71.9 Å². The minimum absolute atomic E-state index is 0.730. The molecule has 0 fully saturated rings. The molecule has 62 valence electrons. The molecule has 0 aliphatic heterocycles. The third-order valence-corrected chi connectivity index (χ3v) is 1.67. The van der Waals surface area contributed by atoms with Crippen LogP contribution < -0.4 is 0 Å². The standard InChI is InChI=1S/C9H11N3/c1-4-7(2)9-8(10-3)5-11-6-12-9/h4-6H,3H2,1-2H3/b7-4-. The Hall–Kier alpha value is -1.51. The Morgan fingerprint density at radius 3 is 3.00 bits per heavy atom. The first kappa shape index (κ1) is 8.59. The first-order chi connectivity index (χ1) is 5.79. The van der Waals surface area contributed by atoms with Crippen LogP contribution in [-0.4, -0.2) is 16.7 Å². The van der Waals surface area contributed by atoms with Gasteiger partial charge in [0.2, 0.25) is 0 Å². The number of allylic oxidation sites excluding steroid dienone is 2. The third kappa shape index (κ3) is 1.56. The van der Waals surface area contributed by atoms with Crippen molar-refractivity contribution in [3.8, 4) is 0 Å². The van der Waals surface area contributed by atoms with E-state index < -0.39 is 0 Å². The molecule has 3 heteroatoms. The minimum atomic E-state index is 0.730. The van der Waals surface area contributed by atoms with Gasteiger partial charge in [0.15, 0.2) is 0 Å². The summed E-state index contributed by atoms with van der Waals surface area (Å²) < 4.78 is 0. The zero-order chi connectivity index (χ0) is 8.97. The molecule has 0 aromatic carbocycles. The van der Waals surface area contributed by atoms with Crippen LogP contribution in [-0.2, 0) is 0 Å². The van der Waals surface area contributed by atoms with E-state index in [1.54, 1.807) is 6.20 Å². The second-order valence-electron chi connectivity index (χ2n) is 2.39. The van der Waals surface area contributed by atoms with E-state index in [0.29, 0.717) is 0 Å². The van der Waals surface area contributed by atoms with E-state index >= 15 is 0 Å². The molecule has 0 radical (unpaired) electrons. The Morgan fingerprint density at radius 1 is 1.67 bits per heavy atom. The van der Waals surface area contributed by atoms with Gasteiger partial charge in [0, 0.05) is 0 Å². The molecule has 0 spiro atoms. The van der Waals surface area contributed by atoms with Crippen molar-refractivity contribution in [2.45, 2.75) is 13.8 Å². The van der Waals surface area contributed by atoms with Gasteiger partial charge in [-0.15, -0.1) is 0 Å². The van der Waals surface area contributed by atoms with E-state index in [1.807, 2.05) is 19.9 Å². The topological polar surface area (TPSA) is 38.1 Å². The molecule has 1 aromatic rings. The van der Waals surface area contributed by atoms with E-state index in [9.17, 15) is 0 Å². The summed E-state index contributed by atoms with van der Waals surface area (Å²) in [5.41, 5.74) is 2.66. The fourth-order valence-electron chi connectivity index (χ4n) is 0.879. The lowest BCUT2D eigenvalue weighted by Gasteiger charge is -2.01. The summed E-state index contributed by atoms with van der Waals surface area (Å²) >= 11 is 0. The number of nitrogens with zero attached hydrogens (tertiary/aromatic N) is 3. The number of hydrogen-bond donors (Lipinski definition) is 0. The minimum Gasteiger partial charge on any atom is -0.261 e. The first-order valence-corrected chi connectivity index (χ1v) is 3.69. The highest BCUT2D eigenvalue weighted by Crippen LogP contribution is 2.21. The molecule has 0 atom stereocenters. The Morgan fingerprint density at radius 2 is 2.42 bits per heavy atom. The normalized spacial score (nSPS) is 11.3. The molecule has 0 bridgehead atoms. The molecule has 0 saturated heterocycles. The lowest BCUT2D eigenvalue weighted by molar-refractivity contribution is 1.13. The van der Waals surface area contributed by atoms with Gasteiger partial charge in [0.05, 0.1) is 11.9 Å². The average Bonchev–Trinajstić information content (AvgIpc) is 2.16.